The number of ether oxygens (including phenoxy) is 1. The summed E-state index contributed by atoms with van der Waals surface area (Å²) >= 11 is 0. The summed E-state index contributed by atoms with van der Waals surface area (Å²) in [6, 6.07) is 4.58. The monoisotopic (exact) mass is 479 g/mol. The first-order valence-corrected chi connectivity index (χ1v) is 12.6. The van der Waals surface area contributed by atoms with Crippen molar-refractivity contribution in [3.8, 4) is 11.5 Å². The van der Waals surface area contributed by atoms with E-state index in [1.54, 1.807) is 0 Å². The van der Waals surface area contributed by atoms with E-state index in [4.69, 9.17) is 4.74 Å². The summed E-state index contributed by atoms with van der Waals surface area (Å²) in [6.07, 6.45) is 12.3. The average Bonchev–Trinajstić information content (AvgIpc) is 2.84. The minimum absolute atomic E-state index is 0.0619. The second kappa shape index (κ2) is 11.1. The zero-order chi connectivity index (χ0) is 24.2. The molecule has 185 valence electrons. The van der Waals surface area contributed by atoms with Gasteiger partial charge in [-0.05, 0) is 55.4 Å². The Morgan fingerprint density at radius 2 is 1.26 bits per heavy atom. The molecule has 2 aromatic carbocycles. The lowest BCUT2D eigenvalue weighted by Crippen LogP contribution is -2.18. The smallest absolute Gasteiger partial charge is 0.194 e. The summed E-state index contributed by atoms with van der Waals surface area (Å²) in [7, 11) is 0. The van der Waals surface area contributed by atoms with Gasteiger partial charge in [0.25, 0.3) is 0 Å². The molecule has 6 heteroatoms. The van der Waals surface area contributed by atoms with Gasteiger partial charge in [-0.1, -0.05) is 51.9 Å². The van der Waals surface area contributed by atoms with E-state index in [1.807, 2.05) is 0 Å². The number of benzene rings is 2. The van der Waals surface area contributed by atoms with Crippen molar-refractivity contribution in [2.45, 2.75) is 83.5 Å². The van der Waals surface area contributed by atoms with Gasteiger partial charge in [0.15, 0.2) is 29.0 Å². The molecule has 34 heavy (non-hydrogen) atoms. The summed E-state index contributed by atoms with van der Waals surface area (Å²) in [5.74, 6) is -5.00. The number of hydrogen-bond donors (Lipinski definition) is 0. The quantitative estimate of drug-likeness (QED) is 0.284. The molecule has 4 rings (SSSR count). The molecule has 0 aromatic heterocycles. The standard InChI is InChI=1S/C28H32F5O/c1-2-17-3-5-18(6-4-17)7-8-19-9-11-20(12-10-19)26-22(29)13-14-25(28(26)33)34-21-15-23(30)27(32)24(31)16-21/h13,15-20H,2-12H2,1H3/t17-,18-,19?,20?. The van der Waals surface area contributed by atoms with Gasteiger partial charge in [-0.3, -0.25) is 0 Å². The van der Waals surface area contributed by atoms with Gasteiger partial charge >= 0.3 is 0 Å². The molecule has 2 aliphatic carbocycles. The Kier molecular flexibility index (Phi) is 8.15. The van der Waals surface area contributed by atoms with E-state index < -0.39 is 40.6 Å². The van der Waals surface area contributed by atoms with E-state index >= 15 is 4.39 Å². The zero-order valence-corrected chi connectivity index (χ0v) is 19.6. The molecule has 0 N–H and O–H groups in total. The lowest BCUT2D eigenvalue weighted by molar-refractivity contribution is 0.226. The maximum atomic E-state index is 15.2. The van der Waals surface area contributed by atoms with Gasteiger partial charge in [0, 0.05) is 23.8 Å². The first-order chi connectivity index (χ1) is 16.4. The van der Waals surface area contributed by atoms with Crippen LogP contribution >= 0.6 is 0 Å². The number of halogens is 5. The van der Waals surface area contributed by atoms with Crippen LogP contribution in [0.15, 0.2) is 18.2 Å². The second-order valence-corrected chi connectivity index (χ2v) is 10.1. The van der Waals surface area contributed by atoms with Crippen molar-refractivity contribution in [1.29, 1.82) is 0 Å². The molecule has 0 atom stereocenters. The Bertz CT molecular complexity index is 952. The average molecular weight is 480 g/mol. The highest BCUT2D eigenvalue weighted by atomic mass is 19.2. The molecular weight excluding hydrogens is 447 g/mol. The molecule has 2 aromatic rings. The Morgan fingerprint density at radius 1 is 0.735 bits per heavy atom. The highest BCUT2D eigenvalue weighted by Gasteiger charge is 2.29. The van der Waals surface area contributed by atoms with Crippen LogP contribution in [0.1, 0.15) is 89.0 Å². The molecule has 0 aliphatic heterocycles. The molecule has 0 heterocycles. The Hall–Kier alpha value is -2.11. The molecule has 2 saturated carbocycles. The predicted molar refractivity (Wildman–Crippen MR) is 121 cm³/mol. The van der Waals surface area contributed by atoms with E-state index in [0.717, 1.165) is 30.7 Å². The largest absolute Gasteiger partial charge is 0.453 e. The highest BCUT2D eigenvalue weighted by molar-refractivity contribution is 5.38. The van der Waals surface area contributed by atoms with Crippen LogP contribution < -0.4 is 4.74 Å². The lowest BCUT2D eigenvalue weighted by atomic mass is 9.74. The van der Waals surface area contributed by atoms with Gasteiger partial charge in [-0.15, -0.1) is 0 Å². The third-order valence-corrected chi connectivity index (χ3v) is 7.98. The van der Waals surface area contributed by atoms with Crippen LogP contribution in [0.4, 0.5) is 22.0 Å². The van der Waals surface area contributed by atoms with Crippen LogP contribution in [0.5, 0.6) is 11.5 Å². The Morgan fingerprint density at radius 3 is 1.82 bits per heavy atom. The fraction of sp³-hybridized carbons (Fsp3) is 0.571. The molecule has 0 unspecified atom stereocenters. The normalized spacial score (nSPS) is 25.4. The van der Waals surface area contributed by atoms with Crippen LogP contribution in [-0.2, 0) is 0 Å². The molecule has 0 saturated heterocycles. The highest BCUT2D eigenvalue weighted by Crippen LogP contribution is 2.43. The van der Waals surface area contributed by atoms with Crippen molar-refractivity contribution in [2.24, 2.45) is 17.8 Å². The third-order valence-electron chi connectivity index (χ3n) is 7.98. The predicted octanol–water partition coefficient (Wildman–Crippen LogP) is 9.24. The van der Waals surface area contributed by atoms with Gasteiger partial charge in [-0.25, -0.2) is 22.0 Å². The fourth-order valence-electron chi connectivity index (χ4n) is 5.79. The van der Waals surface area contributed by atoms with Gasteiger partial charge in [-0.2, -0.15) is 0 Å². The molecule has 0 bridgehead atoms. The second-order valence-electron chi connectivity index (χ2n) is 10.1. The molecular formula is C28H32F5O. The summed E-state index contributed by atoms with van der Waals surface area (Å²) in [5.41, 5.74) is -0.0619. The van der Waals surface area contributed by atoms with Gasteiger partial charge < -0.3 is 4.74 Å². The maximum Gasteiger partial charge on any atom is 0.194 e. The Labute approximate surface area is 198 Å². The van der Waals surface area contributed by atoms with Crippen molar-refractivity contribution >= 4 is 0 Å². The molecule has 1 nitrogen and oxygen atoms in total. The van der Waals surface area contributed by atoms with Crippen molar-refractivity contribution in [2.75, 3.05) is 0 Å². The van der Waals surface area contributed by atoms with Crippen molar-refractivity contribution in [3.63, 3.8) is 0 Å². The fourth-order valence-corrected chi connectivity index (χ4v) is 5.79. The Balaban J connectivity index is 1.36. The van der Waals surface area contributed by atoms with Gasteiger partial charge in [0.2, 0.25) is 0 Å². The summed E-state index contributed by atoms with van der Waals surface area (Å²) in [6.45, 7) is 2.28. The minimum Gasteiger partial charge on any atom is -0.453 e. The van der Waals surface area contributed by atoms with Crippen molar-refractivity contribution < 1.29 is 26.7 Å². The van der Waals surface area contributed by atoms with E-state index in [9.17, 15) is 17.6 Å². The van der Waals surface area contributed by atoms with Crippen LogP contribution in [-0.4, -0.2) is 0 Å². The topological polar surface area (TPSA) is 9.23 Å². The summed E-state index contributed by atoms with van der Waals surface area (Å²) < 4.78 is 75.1. The van der Waals surface area contributed by atoms with Crippen molar-refractivity contribution in [1.82, 2.24) is 0 Å². The first kappa shape index (κ1) is 25.0. The SMILES string of the molecule is CC[C@H]1CC[C@H](CCC2CCC(c3c(F)c[c]c(Oc4cc(F)c(F)c(F)c4)c3F)CC2)CC1. The van der Waals surface area contributed by atoms with E-state index in [1.165, 1.54) is 44.9 Å². The van der Waals surface area contributed by atoms with E-state index in [-0.39, 0.29) is 11.5 Å². The summed E-state index contributed by atoms with van der Waals surface area (Å²) in [4.78, 5) is 0. The first-order valence-electron chi connectivity index (χ1n) is 12.6. The van der Waals surface area contributed by atoms with Crippen molar-refractivity contribution in [3.05, 3.63) is 58.9 Å². The minimum atomic E-state index is -1.64. The van der Waals surface area contributed by atoms with Gasteiger partial charge in [0.05, 0.1) is 0 Å². The van der Waals surface area contributed by atoms with E-state index in [0.29, 0.717) is 30.9 Å². The third kappa shape index (κ3) is 5.75. The van der Waals surface area contributed by atoms with E-state index in [2.05, 4.69) is 13.0 Å². The molecule has 0 spiro atoms. The van der Waals surface area contributed by atoms with Crippen LogP contribution in [0, 0.1) is 52.9 Å². The number of hydrogen-bond acceptors (Lipinski definition) is 1. The van der Waals surface area contributed by atoms with Gasteiger partial charge in [0.1, 0.15) is 11.6 Å². The molecule has 1 radical (unpaired) electrons. The molecule has 0 amide bonds. The van der Waals surface area contributed by atoms with Crippen LogP contribution in [0.25, 0.3) is 0 Å². The molecule has 2 fully saturated rings. The molecule has 2 aliphatic rings. The number of rotatable bonds is 7. The maximum absolute atomic E-state index is 15.2. The lowest BCUT2D eigenvalue weighted by Gasteiger charge is -2.32. The van der Waals surface area contributed by atoms with Crippen LogP contribution in [0.3, 0.4) is 0 Å². The van der Waals surface area contributed by atoms with Crippen LogP contribution in [0.2, 0.25) is 0 Å². The summed E-state index contributed by atoms with van der Waals surface area (Å²) in [5, 5.41) is 0. The zero-order valence-electron chi connectivity index (χ0n) is 19.6.